The summed E-state index contributed by atoms with van der Waals surface area (Å²) in [4.78, 5) is 7.34. The summed E-state index contributed by atoms with van der Waals surface area (Å²) in [7, 11) is 0. The van der Waals surface area contributed by atoms with Crippen LogP contribution in [0.3, 0.4) is 0 Å². The van der Waals surface area contributed by atoms with Gasteiger partial charge in [-0.2, -0.15) is 0 Å². The number of benzene rings is 1. The maximum Gasteiger partial charge on any atom is 0.111 e. The van der Waals surface area contributed by atoms with Crippen LogP contribution in [0.4, 0.5) is 0 Å². The molecular formula is C16H22ClN3. The highest BCUT2D eigenvalue weighted by atomic mass is 35.5. The van der Waals surface area contributed by atoms with Crippen LogP contribution in [0.2, 0.25) is 0 Å². The van der Waals surface area contributed by atoms with Crippen molar-refractivity contribution in [2.24, 2.45) is 0 Å². The third kappa shape index (κ3) is 2.57. The van der Waals surface area contributed by atoms with Crippen molar-refractivity contribution in [1.29, 1.82) is 0 Å². The fourth-order valence-electron chi connectivity index (χ4n) is 3.33. The number of para-hydroxylation sites is 2. The highest BCUT2D eigenvalue weighted by molar-refractivity contribution is 6.17. The standard InChI is InChI=1S/C16H22ClN3/c1-2-19-11-5-6-13(19)12-20-15-8-4-3-7-14(15)18-16(20)9-10-17/h3-4,7-8,13H,2,5-6,9-12H2,1H3. The Labute approximate surface area is 125 Å². The number of hydrogen-bond donors (Lipinski definition) is 0. The van der Waals surface area contributed by atoms with Gasteiger partial charge in [0.25, 0.3) is 0 Å². The molecule has 1 aliphatic heterocycles. The molecule has 1 aliphatic rings. The number of alkyl halides is 1. The topological polar surface area (TPSA) is 21.1 Å². The smallest absolute Gasteiger partial charge is 0.111 e. The van der Waals surface area contributed by atoms with Gasteiger partial charge >= 0.3 is 0 Å². The summed E-state index contributed by atoms with van der Waals surface area (Å²) in [5, 5.41) is 0. The second-order valence-electron chi connectivity index (χ2n) is 5.49. The first-order chi connectivity index (χ1) is 9.83. The molecule has 0 aliphatic carbocycles. The first-order valence-corrected chi connectivity index (χ1v) is 8.11. The Hall–Kier alpha value is -1.06. The molecule has 108 valence electrons. The SMILES string of the molecule is CCN1CCCC1Cn1c(CCCl)nc2ccccc21. The zero-order valence-corrected chi connectivity index (χ0v) is 12.8. The van der Waals surface area contributed by atoms with Gasteiger partial charge in [-0.25, -0.2) is 4.98 Å². The number of nitrogens with zero attached hydrogens (tertiary/aromatic N) is 3. The minimum atomic E-state index is 0.630. The van der Waals surface area contributed by atoms with Gasteiger partial charge in [0.05, 0.1) is 11.0 Å². The maximum atomic E-state index is 5.94. The summed E-state index contributed by atoms with van der Waals surface area (Å²) in [5.74, 6) is 1.76. The number of aromatic nitrogens is 2. The predicted molar refractivity (Wildman–Crippen MR) is 84.4 cm³/mol. The third-order valence-corrected chi connectivity index (χ3v) is 4.54. The average molecular weight is 292 g/mol. The van der Waals surface area contributed by atoms with Crippen molar-refractivity contribution in [3.05, 3.63) is 30.1 Å². The molecule has 4 heteroatoms. The number of rotatable bonds is 5. The van der Waals surface area contributed by atoms with Crippen LogP contribution in [0, 0.1) is 0 Å². The first-order valence-electron chi connectivity index (χ1n) is 7.57. The zero-order valence-electron chi connectivity index (χ0n) is 12.1. The van der Waals surface area contributed by atoms with Gasteiger partial charge in [0.15, 0.2) is 0 Å². The highest BCUT2D eigenvalue weighted by Crippen LogP contribution is 2.23. The van der Waals surface area contributed by atoms with Crippen molar-refractivity contribution in [3.63, 3.8) is 0 Å². The first kappa shape index (κ1) is 13.9. The zero-order chi connectivity index (χ0) is 13.9. The van der Waals surface area contributed by atoms with Gasteiger partial charge in [-0.05, 0) is 38.1 Å². The molecule has 3 nitrogen and oxygen atoms in total. The van der Waals surface area contributed by atoms with E-state index in [4.69, 9.17) is 16.6 Å². The quantitative estimate of drug-likeness (QED) is 0.788. The molecule has 2 aromatic rings. The average Bonchev–Trinajstić information content (AvgIpc) is 3.05. The van der Waals surface area contributed by atoms with Crippen LogP contribution in [0.25, 0.3) is 11.0 Å². The van der Waals surface area contributed by atoms with Gasteiger partial charge in [0.1, 0.15) is 5.82 Å². The van der Waals surface area contributed by atoms with E-state index in [2.05, 4.69) is 40.7 Å². The fourth-order valence-corrected chi connectivity index (χ4v) is 3.50. The molecule has 0 radical (unpaired) electrons. The predicted octanol–water partition coefficient (Wildman–Crippen LogP) is 3.30. The van der Waals surface area contributed by atoms with Crippen LogP contribution in [-0.4, -0.2) is 39.5 Å². The summed E-state index contributed by atoms with van der Waals surface area (Å²) in [5.41, 5.74) is 2.34. The molecule has 0 saturated carbocycles. The van der Waals surface area contributed by atoms with Crippen LogP contribution >= 0.6 is 11.6 Å². The van der Waals surface area contributed by atoms with Gasteiger partial charge in [0.2, 0.25) is 0 Å². The molecule has 1 unspecified atom stereocenters. The summed E-state index contributed by atoms with van der Waals surface area (Å²) in [6.45, 7) is 5.67. The number of hydrogen-bond acceptors (Lipinski definition) is 2. The lowest BCUT2D eigenvalue weighted by Crippen LogP contribution is -2.33. The van der Waals surface area contributed by atoms with E-state index >= 15 is 0 Å². The summed E-state index contributed by atoms with van der Waals surface area (Å²) in [6, 6.07) is 9.06. The van der Waals surface area contributed by atoms with Gasteiger partial charge < -0.3 is 4.57 Å². The van der Waals surface area contributed by atoms with Gasteiger partial charge in [-0.15, -0.1) is 11.6 Å². The van der Waals surface area contributed by atoms with Crippen LogP contribution in [0.15, 0.2) is 24.3 Å². The molecule has 0 bridgehead atoms. The van der Waals surface area contributed by atoms with E-state index in [0.29, 0.717) is 11.9 Å². The fraction of sp³-hybridized carbons (Fsp3) is 0.562. The maximum absolute atomic E-state index is 5.94. The Morgan fingerprint density at radius 2 is 2.20 bits per heavy atom. The van der Waals surface area contributed by atoms with Crippen LogP contribution in [-0.2, 0) is 13.0 Å². The van der Waals surface area contributed by atoms with Crippen LogP contribution in [0.5, 0.6) is 0 Å². The molecule has 1 aromatic carbocycles. The van der Waals surface area contributed by atoms with Crippen molar-refractivity contribution < 1.29 is 0 Å². The second kappa shape index (κ2) is 6.15. The van der Waals surface area contributed by atoms with E-state index in [1.54, 1.807) is 0 Å². The van der Waals surface area contributed by atoms with E-state index in [1.165, 1.54) is 24.9 Å². The van der Waals surface area contributed by atoms with E-state index in [1.807, 2.05) is 0 Å². The molecule has 1 fully saturated rings. The summed E-state index contributed by atoms with van der Waals surface area (Å²) in [6.07, 6.45) is 3.45. The number of imidazole rings is 1. The van der Waals surface area contributed by atoms with E-state index in [-0.39, 0.29) is 0 Å². The lowest BCUT2D eigenvalue weighted by atomic mass is 10.2. The number of halogens is 1. The van der Waals surface area contributed by atoms with E-state index < -0.39 is 0 Å². The van der Waals surface area contributed by atoms with E-state index in [0.717, 1.165) is 30.9 Å². The van der Waals surface area contributed by atoms with Gasteiger partial charge in [0, 0.05) is 24.9 Å². The number of aryl methyl sites for hydroxylation is 1. The summed E-state index contributed by atoms with van der Waals surface area (Å²) < 4.78 is 2.39. The Bertz CT molecular complexity index is 578. The third-order valence-electron chi connectivity index (χ3n) is 4.35. The molecule has 20 heavy (non-hydrogen) atoms. The number of likely N-dealkylation sites (tertiary alicyclic amines) is 1. The van der Waals surface area contributed by atoms with Gasteiger partial charge in [-0.1, -0.05) is 19.1 Å². The monoisotopic (exact) mass is 291 g/mol. The normalized spacial score (nSPS) is 20.0. The van der Waals surface area contributed by atoms with Gasteiger partial charge in [-0.3, -0.25) is 4.90 Å². The largest absolute Gasteiger partial charge is 0.326 e. The van der Waals surface area contributed by atoms with Crippen molar-refractivity contribution in [2.45, 2.75) is 38.8 Å². The molecule has 0 N–H and O–H groups in total. The van der Waals surface area contributed by atoms with Crippen molar-refractivity contribution in [3.8, 4) is 0 Å². The van der Waals surface area contributed by atoms with Crippen LogP contribution in [0.1, 0.15) is 25.6 Å². The number of likely N-dealkylation sites (N-methyl/N-ethyl adjacent to an activating group) is 1. The lowest BCUT2D eigenvalue weighted by molar-refractivity contribution is 0.244. The molecule has 1 aromatic heterocycles. The van der Waals surface area contributed by atoms with Crippen molar-refractivity contribution in [1.82, 2.24) is 14.5 Å². The molecule has 1 saturated heterocycles. The Kier molecular flexibility index (Phi) is 4.27. The lowest BCUT2D eigenvalue weighted by Gasteiger charge is -2.24. The van der Waals surface area contributed by atoms with Crippen molar-refractivity contribution in [2.75, 3.05) is 19.0 Å². The summed E-state index contributed by atoms with van der Waals surface area (Å²) >= 11 is 5.94. The molecule has 3 rings (SSSR count). The Balaban J connectivity index is 1.94. The molecule has 1 atom stereocenters. The minimum absolute atomic E-state index is 0.630. The highest BCUT2D eigenvalue weighted by Gasteiger charge is 2.24. The molecule has 0 spiro atoms. The minimum Gasteiger partial charge on any atom is -0.326 e. The second-order valence-corrected chi connectivity index (χ2v) is 5.87. The number of fused-ring (bicyclic) bond motifs is 1. The van der Waals surface area contributed by atoms with E-state index in [9.17, 15) is 0 Å². The van der Waals surface area contributed by atoms with Crippen molar-refractivity contribution >= 4 is 22.6 Å². The molecule has 0 amide bonds. The Morgan fingerprint density at radius 1 is 1.35 bits per heavy atom. The Morgan fingerprint density at radius 3 is 3.00 bits per heavy atom. The molecule has 2 heterocycles. The van der Waals surface area contributed by atoms with Crippen LogP contribution < -0.4 is 0 Å². The molecular weight excluding hydrogens is 270 g/mol.